The molecule has 43 heavy (non-hydrogen) atoms. The second kappa shape index (κ2) is 10.7. The smallest absolute Gasteiger partial charge is 0.256 e. The van der Waals surface area contributed by atoms with Crippen LogP contribution in [-0.2, 0) is 4.79 Å². The number of pyridine rings is 1. The zero-order valence-corrected chi connectivity index (χ0v) is 23.1. The zero-order valence-electron chi connectivity index (χ0n) is 22.4. The molecule has 4 aromatic heterocycles. The molecule has 7 rings (SSSR count). The highest BCUT2D eigenvalue weighted by atomic mass is 35.5. The van der Waals surface area contributed by atoms with E-state index >= 15 is 8.78 Å². The average molecular weight is 607 g/mol. The lowest BCUT2D eigenvalue weighted by Gasteiger charge is -2.33. The first-order valence-corrected chi connectivity index (χ1v) is 13.6. The van der Waals surface area contributed by atoms with E-state index in [1.165, 1.54) is 41.6 Å². The number of aromatic amines is 1. The molecule has 218 valence electrons. The van der Waals surface area contributed by atoms with Crippen LogP contribution in [0.1, 0.15) is 55.6 Å². The summed E-state index contributed by atoms with van der Waals surface area (Å²) in [6.45, 7) is 1.63. The Morgan fingerprint density at radius 2 is 2.05 bits per heavy atom. The van der Waals surface area contributed by atoms with Crippen molar-refractivity contribution in [2.24, 2.45) is 0 Å². The number of carbonyl (C=O) groups is 1. The third-order valence-corrected chi connectivity index (χ3v) is 7.86. The van der Waals surface area contributed by atoms with Crippen molar-refractivity contribution in [1.29, 1.82) is 0 Å². The molecule has 16 heteroatoms. The van der Waals surface area contributed by atoms with Crippen molar-refractivity contribution in [3.63, 3.8) is 0 Å². The largest absolute Gasteiger partial charge is 0.462 e. The van der Waals surface area contributed by atoms with E-state index in [2.05, 4.69) is 40.7 Å². The number of hydrogen-bond acceptors (Lipinski definition) is 10. The van der Waals surface area contributed by atoms with Gasteiger partial charge in [-0.1, -0.05) is 11.6 Å². The van der Waals surface area contributed by atoms with Gasteiger partial charge in [0.15, 0.2) is 17.7 Å². The van der Waals surface area contributed by atoms with E-state index in [1.807, 2.05) is 0 Å². The lowest BCUT2D eigenvalue weighted by molar-refractivity contribution is -0.129. The Hall–Kier alpha value is -5.05. The van der Waals surface area contributed by atoms with Gasteiger partial charge in [-0.25, -0.2) is 18.7 Å². The SMILES string of the molecule is C[C@H](Oc1nccc(-c2cnc([C@@H]3CC[C@H]4CC(c5c(-n6cnnn6)ccc(Cl)c5F)=CC(=O)N43)[nH]2)c1F)c1nnco1. The minimum atomic E-state index is -0.722. The van der Waals surface area contributed by atoms with Gasteiger partial charge in [-0.05, 0) is 60.4 Å². The lowest BCUT2D eigenvalue weighted by atomic mass is 9.92. The van der Waals surface area contributed by atoms with E-state index in [4.69, 9.17) is 20.8 Å². The van der Waals surface area contributed by atoms with Crippen molar-refractivity contribution in [3.05, 3.63) is 83.3 Å². The normalized spacial score (nSPS) is 18.9. The van der Waals surface area contributed by atoms with Crippen molar-refractivity contribution in [2.75, 3.05) is 0 Å². The fourth-order valence-electron chi connectivity index (χ4n) is 5.64. The molecule has 1 fully saturated rings. The summed E-state index contributed by atoms with van der Waals surface area (Å²) in [6, 6.07) is 3.93. The van der Waals surface area contributed by atoms with Crippen molar-refractivity contribution < 1.29 is 22.7 Å². The highest BCUT2D eigenvalue weighted by molar-refractivity contribution is 6.31. The fraction of sp³-hybridized carbons (Fsp3) is 0.259. The van der Waals surface area contributed by atoms with Crippen molar-refractivity contribution >= 4 is 23.1 Å². The second-order valence-electron chi connectivity index (χ2n) is 10.1. The van der Waals surface area contributed by atoms with Gasteiger partial charge >= 0.3 is 0 Å². The average Bonchev–Trinajstić information content (AvgIpc) is 3.82. The molecule has 6 heterocycles. The number of ether oxygens (including phenoxy) is 1. The monoisotopic (exact) mass is 606 g/mol. The first kappa shape index (κ1) is 26.8. The third kappa shape index (κ3) is 4.70. The summed E-state index contributed by atoms with van der Waals surface area (Å²) in [4.78, 5) is 26.9. The number of benzene rings is 1. The Kier molecular flexibility index (Phi) is 6.65. The van der Waals surface area contributed by atoms with Crippen LogP contribution in [0, 0.1) is 11.6 Å². The molecule has 2 aliphatic heterocycles. The van der Waals surface area contributed by atoms with E-state index in [1.54, 1.807) is 17.9 Å². The molecule has 3 atom stereocenters. The molecule has 0 saturated carbocycles. The predicted molar refractivity (Wildman–Crippen MR) is 144 cm³/mol. The van der Waals surface area contributed by atoms with Crippen molar-refractivity contribution in [3.8, 4) is 22.8 Å². The Labute approximate surface area is 246 Å². The van der Waals surface area contributed by atoms with Crippen LogP contribution in [0.5, 0.6) is 5.88 Å². The van der Waals surface area contributed by atoms with E-state index in [0.29, 0.717) is 42.0 Å². The molecule has 1 N–H and O–H groups in total. The Balaban J connectivity index is 1.15. The summed E-state index contributed by atoms with van der Waals surface area (Å²) in [7, 11) is 0. The van der Waals surface area contributed by atoms with Crippen LogP contribution in [0.4, 0.5) is 8.78 Å². The maximum absolute atomic E-state index is 15.4. The standard InChI is InChI=1S/C27H21ClF2N10O3/c1-13(26-36-34-12-42-26)43-27-23(29)16(6-7-31-27)18-10-32-25(35-18)20-4-2-15-8-14(9-21(41)40(15)20)22-19(39-11-33-37-38-39)5-3-17(28)24(22)30/h3,5-7,9-13,15,20H,2,4,8H2,1H3,(H,32,35)/t13-,15-,20-/m0/s1. The molecule has 5 aromatic rings. The topological polar surface area (TPSA) is 154 Å². The molecule has 1 aromatic carbocycles. The van der Waals surface area contributed by atoms with Crippen molar-refractivity contribution in [2.45, 2.75) is 44.4 Å². The zero-order chi connectivity index (χ0) is 29.7. The Bertz CT molecular complexity index is 1840. The summed E-state index contributed by atoms with van der Waals surface area (Å²) in [5.41, 5.74) is 1.63. The van der Waals surface area contributed by atoms with E-state index in [0.717, 1.165) is 6.39 Å². The molecule has 13 nitrogen and oxygen atoms in total. The van der Waals surface area contributed by atoms with Gasteiger partial charge in [0.2, 0.25) is 12.3 Å². The molecule has 0 spiro atoms. The quantitative estimate of drug-likeness (QED) is 0.281. The van der Waals surface area contributed by atoms with Crippen LogP contribution in [0.15, 0.2) is 53.8 Å². The van der Waals surface area contributed by atoms with Crippen LogP contribution < -0.4 is 4.74 Å². The number of aromatic nitrogens is 9. The lowest BCUT2D eigenvalue weighted by Crippen LogP contribution is -2.39. The minimum Gasteiger partial charge on any atom is -0.462 e. The molecular formula is C27H21ClF2N10O3. The van der Waals surface area contributed by atoms with E-state index in [-0.39, 0.29) is 45.9 Å². The van der Waals surface area contributed by atoms with E-state index < -0.39 is 17.7 Å². The number of carbonyl (C=O) groups excluding carboxylic acids is 1. The molecule has 0 unspecified atom stereocenters. The number of amides is 1. The first-order valence-electron chi connectivity index (χ1n) is 13.3. The number of fused-ring (bicyclic) bond motifs is 1. The Morgan fingerprint density at radius 1 is 1.16 bits per heavy atom. The van der Waals surface area contributed by atoms with Gasteiger partial charge in [0.1, 0.15) is 12.2 Å². The summed E-state index contributed by atoms with van der Waals surface area (Å²) < 4.78 is 42.9. The highest BCUT2D eigenvalue weighted by Crippen LogP contribution is 2.44. The van der Waals surface area contributed by atoms with Gasteiger partial charge in [-0.2, -0.15) is 4.68 Å². The number of nitrogens with zero attached hydrogens (tertiary/aromatic N) is 9. The number of hydrogen-bond donors (Lipinski definition) is 1. The van der Waals surface area contributed by atoms with Crippen molar-refractivity contribution in [1.82, 2.24) is 50.3 Å². The number of halogens is 3. The minimum absolute atomic E-state index is 0.0731. The summed E-state index contributed by atoms with van der Waals surface area (Å²) in [5, 5.41) is 18.5. The van der Waals surface area contributed by atoms with Gasteiger partial charge < -0.3 is 19.0 Å². The van der Waals surface area contributed by atoms with Crippen LogP contribution >= 0.6 is 11.6 Å². The highest BCUT2D eigenvalue weighted by Gasteiger charge is 2.42. The molecular weight excluding hydrogens is 586 g/mol. The molecule has 0 bridgehead atoms. The van der Waals surface area contributed by atoms with Crippen LogP contribution in [0.2, 0.25) is 5.02 Å². The molecule has 0 radical (unpaired) electrons. The third-order valence-electron chi connectivity index (χ3n) is 7.57. The van der Waals surface area contributed by atoms with Gasteiger partial charge in [0.25, 0.3) is 11.8 Å². The number of rotatable bonds is 7. The maximum Gasteiger partial charge on any atom is 0.256 e. The summed E-state index contributed by atoms with van der Waals surface area (Å²) in [5.74, 6) is -1.20. The second-order valence-corrected chi connectivity index (χ2v) is 10.5. The van der Waals surface area contributed by atoms with Gasteiger partial charge in [0, 0.05) is 29.4 Å². The van der Waals surface area contributed by atoms with Crippen LogP contribution in [-0.4, -0.2) is 62.2 Å². The molecule has 0 aliphatic carbocycles. The van der Waals surface area contributed by atoms with Crippen LogP contribution in [0.3, 0.4) is 0 Å². The molecule has 2 aliphatic rings. The van der Waals surface area contributed by atoms with Gasteiger partial charge in [-0.3, -0.25) is 4.79 Å². The Morgan fingerprint density at radius 3 is 2.84 bits per heavy atom. The maximum atomic E-state index is 15.4. The van der Waals surface area contributed by atoms with Gasteiger partial charge in [0.05, 0.1) is 28.6 Å². The molecule has 1 saturated heterocycles. The number of H-pyrrole nitrogens is 1. The first-order chi connectivity index (χ1) is 20.9. The van der Waals surface area contributed by atoms with Crippen LogP contribution in [0.25, 0.3) is 22.5 Å². The number of nitrogens with one attached hydrogen (secondary N) is 1. The number of tetrazole rings is 1. The van der Waals surface area contributed by atoms with Gasteiger partial charge in [-0.15, -0.1) is 15.3 Å². The van der Waals surface area contributed by atoms with E-state index in [9.17, 15) is 4.79 Å². The molecule has 1 amide bonds. The fourth-order valence-corrected chi connectivity index (χ4v) is 5.80. The summed E-state index contributed by atoms with van der Waals surface area (Å²) in [6.07, 6.45) is 7.76. The predicted octanol–water partition coefficient (Wildman–Crippen LogP) is 4.42. The number of imidazole rings is 1. The summed E-state index contributed by atoms with van der Waals surface area (Å²) >= 11 is 6.12.